The van der Waals surface area contributed by atoms with Crippen molar-refractivity contribution in [2.75, 3.05) is 20.3 Å². The van der Waals surface area contributed by atoms with Gasteiger partial charge in [-0.05, 0) is 42.5 Å². The molecule has 2 aromatic carbocycles. The summed E-state index contributed by atoms with van der Waals surface area (Å²) in [6.07, 6.45) is -0.752. The molecule has 1 aliphatic carbocycles. The zero-order valence-electron chi connectivity index (χ0n) is 17.9. The number of hydrogen-bond acceptors (Lipinski definition) is 4. The maximum atomic E-state index is 13.1. The second kappa shape index (κ2) is 8.88. The highest BCUT2D eigenvalue weighted by molar-refractivity contribution is 5.85. The Kier molecular flexibility index (Phi) is 6.46. The Labute approximate surface area is 177 Å². The molecule has 3 rings (SSSR count). The van der Waals surface area contributed by atoms with E-state index in [2.05, 4.69) is 12.1 Å². The van der Waals surface area contributed by atoms with Crippen molar-refractivity contribution in [3.05, 3.63) is 59.7 Å². The molecule has 6 heteroatoms. The fraction of sp³-hybridized carbons (Fsp3) is 0.417. The van der Waals surface area contributed by atoms with Crippen LogP contribution in [0.3, 0.4) is 0 Å². The number of carboxylic acids is 1. The SMILES string of the molecule is CCCN(C(=O)OCC1c2ccccc2-c2ccccc21)C(C)(C(=O)O)C(C)OC. The van der Waals surface area contributed by atoms with Crippen LogP contribution in [0.25, 0.3) is 11.1 Å². The molecule has 160 valence electrons. The van der Waals surface area contributed by atoms with Gasteiger partial charge in [0.2, 0.25) is 0 Å². The van der Waals surface area contributed by atoms with Gasteiger partial charge in [0.15, 0.2) is 5.54 Å². The maximum absolute atomic E-state index is 13.1. The second-order valence-electron chi connectivity index (χ2n) is 7.79. The molecule has 0 spiro atoms. The quantitative estimate of drug-likeness (QED) is 0.691. The number of amides is 1. The summed E-state index contributed by atoms with van der Waals surface area (Å²) in [5.41, 5.74) is 2.97. The fourth-order valence-corrected chi connectivity index (χ4v) is 4.15. The van der Waals surface area contributed by atoms with E-state index in [1.165, 1.54) is 18.9 Å². The average molecular weight is 411 g/mol. The zero-order valence-corrected chi connectivity index (χ0v) is 17.9. The molecule has 1 amide bonds. The van der Waals surface area contributed by atoms with Gasteiger partial charge in [-0.1, -0.05) is 55.5 Å². The van der Waals surface area contributed by atoms with E-state index in [9.17, 15) is 14.7 Å². The summed E-state index contributed by atoms with van der Waals surface area (Å²) < 4.78 is 11.0. The van der Waals surface area contributed by atoms with Gasteiger partial charge in [-0.2, -0.15) is 0 Å². The topological polar surface area (TPSA) is 76.1 Å². The number of rotatable bonds is 8. The minimum Gasteiger partial charge on any atom is -0.479 e. The number of carbonyl (C=O) groups is 2. The van der Waals surface area contributed by atoms with Crippen molar-refractivity contribution < 1.29 is 24.2 Å². The van der Waals surface area contributed by atoms with Crippen LogP contribution in [0.1, 0.15) is 44.2 Å². The van der Waals surface area contributed by atoms with Crippen LogP contribution in [0.2, 0.25) is 0 Å². The van der Waals surface area contributed by atoms with E-state index in [1.54, 1.807) is 6.92 Å². The molecular weight excluding hydrogens is 382 g/mol. The van der Waals surface area contributed by atoms with E-state index in [4.69, 9.17) is 9.47 Å². The molecule has 0 bridgehead atoms. The molecule has 0 aromatic heterocycles. The average Bonchev–Trinajstić information content (AvgIpc) is 3.08. The van der Waals surface area contributed by atoms with Gasteiger partial charge >= 0.3 is 12.1 Å². The maximum Gasteiger partial charge on any atom is 0.410 e. The molecule has 6 nitrogen and oxygen atoms in total. The Balaban J connectivity index is 1.85. The van der Waals surface area contributed by atoms with Crippen molar-refractivity contribution in [1.82, 2.24) is 4.90 Å². The zero-order chi connectivity index (χ0) is 21.9. The lowest BCUT2D eigenvalue weighted by atomic mass is 9.93. The fourth-order valence-electron chi connectivity index (χ4n) is 4.15. The van der Waals surface area contributed by atoms with Crippen LogP contribution in [0.5, 0.6) is 0 Å². The third-order valence-electron chi connectivity index (χ3n) is 6.14. The lowest BCUT2D eigenvalue weighted by Gasteiger charge is -2.40. The summed E-state index contributed by atoms with van der Waals surface area (Å²) in [7, 11) is 1.44. The molecule has 0 heterocycles. The Hall–Kier alpha value is -2.86. The lowest BCUT2D eigenvalue weighted by molar-refractivity contribution is -0.158. The molecule has 2 unspecified atom stereocenters. The first kappa shape index (κ1) is 21.8. The molecule has 30 heavy (non-hydrogen) atoms. The number of fused-ring (bicyclic) bond motifs is 3. The van der Waals surface area contributed by atoms with Gasteiger partial charge in [-0.25, -0.2) is 9.59 Å². The van der Waals surface area contributed by atoms with Gasteiger partial charge < -0.3 is 14.6 Å². The van der Waals surface area contributed by atoms with Crippen LogP contribution in [-0.2, 0) is 14.3 Å². The number of methoxy groups -OCH3 is 1. The highest BCUT2D eigenvalue weighted by Gasteiger charge is 2.48. The summed E-state index contributed by atoms with van der Waals surface area (Å²) in [5, 5.41) is 9.89. The van der Waals surface area contributed by atoms with Crippen molar-refractivity contribution in [1.29, 1.82) is 0 Å². The van der Waals surface area contributed by atoms with Crippen molar-refractivity contribution in [3.63, 3.8) is 0 Å². The second-order valence-corrected chi connectivity index (χ2v) is 7.79. The van der Waals surface area contributed by atoms with E-state index in [0.29, 0.717) is 6.42 Å². The molecular formula is C24H29NO5. The van der Waals surface area contributed by atoms with Crippen molar-refractivity contribution in [2.45, 2.75) is 44.8 Å². The number of aliphatic carboxylic acids is 1. The Bertz CT molecular complexity index is 882. The first-order chi connectivity index (χ1) is 14.4. The monoisotopic (exact) mass is 411 g/mol. The van der Waals surface area contributed by atoms with E-state index in [0.717, 1.165) is 22.3 Å². The Morgan fingerprint density at radius 2 is 1.63 bits per heavy atom. The van der Waals surface area contributed by atoms with Gasteiger partial charge in [0, 0.05) is 19.6 Å². The molecule has 0 saturated heterocycles. The molecule has 2 aromatic rings. The number of ether oxygens (including phenoxy) is 2. The minimum absolute atomic E-state index is 0.0826. The Morgan fingerprint density at radius 3 is 2.10 bits per heavy atom. The molecule has 0 saturated carbocycles. The summed E-state index contributed by atoms with van der Waals surface area (Å²) in [4.78, 5) is 26.4. The summed E-state index contributed by atoms with van der Waals surface area (Å²) in [5.74, 6) is -1.21. The largest absolute Gasteiger partial charge is 0.479 e. The highest BCUT2D eigenvalue weighted by atomic mass is 16.6. The molecule has 0 fully saturated rings. The van der Waals surface area contributed by atoms with Gasteiger partial charge in [0.05, 0.1) is 6.10 Å². The predicted molar refractivity (Wildman–Crippen MR) is 115 cm³/mol. The number of benzene rings is 2. The molecule has 0 aliphatic heterocycles. The van der Waals surface area contributed by atoms with Crippen molar-refractivity contribution in [3.8, 4) is 11.1 Å². The van der Waals surface area contributed by atoms with Crippen LogP contribution in [0.4, 0.5) is 4.79 Å². The van der Waals surface area contributed by atoms with Crippen molar-refractivity contribution >= 4 is 12.1 Å². The number of carbonyl (C=O) groups excluding carboxylic acids is 1. The van der Waals surface area contributed by atoms with E-state index in [1.807, 2.05) is 43.3 Å². The van der Waals surface area contributed by atoms with Gasteiger partial charge in [0.1, 0.15) is 6.61 Å². The first-order valence-electron chi connectivity index (χ1n) is 10.2. The van der Waals surface area contributed by atoms with Crippen LogP contribution < -0.4 is 0 Å². The van der Waals surface area contributed by atoms with Crippen LogP contribution in [0.15, 0.2) is 48.5 Å². The molecule has 2 atom stereocenters. The van der Waals surface area contributed by atoms with Crippen LogP contribution in [0, 0.1) is 0 Å². The van der Waals surface area contributed by atoms with E-state index < -0.39 is 23.7 Å². The third kappa shape index (κ3) is 3.67. The summed E-state index contributed by atoms with van der Waals surface area (Å²) in [6.45, 7) is 5.44. The van der Waals surface area contributed by atoms with Gasteiger partial charge in [0.25, 0.3) is 0 Å². The number of nitrogens with zero attached hydrogens (tertiary/aromatic N) is 1. The molecule has 0 radical (unpaired) electrons. The lowest BCUT2D eigenvalue weighted by Crippen LogP contribution is -2.62. The third-order valence-corrected chi connectivity index (χ3v) is 6.14. The van der Waals surface area contributed by atoms with Gasteiger partial charge in [-0.3, -0.25) is 4.90 Å². The normalized spacial score (nSPS) is 15.6. The van der Waals surface area contributed by atoms with E-state index >= 15 is 0 Å². The number of carboxylic acid groups (broad SMARTS) is 1. The van der Waals surface area contributed by atoms with Gasteiger partial charge in [-0.15, -0.1) is 0 Å². The van der Waals surface area contributed by atoms with E-state index in [-0.39, 0.29) is 19.1 Å². The standard InChI is InChI=1S/C24H29NO5/c1-5-14-25(24(3,22(26)27)16(2)29-4)23(28)30-15-21-19-12-8-6-10-17(19)18-11-7-9-13-20(18)21/h6-13,16,21H,5,14-15H2,1-4H3,(H,26,27). The number of hydrogen-bond donors (Lipinski definition) is 1. The first-order valence-corrected chi connectivity index (χ1v) is 10.2. The van der Waals surface area contributed by atoms with Crippen LogP contribution >= 0.6 is 0 Å². The summed E-state index contributed by atoms with van der Waals surface area (Å²) >= 11 is 0. The summed E-state index contributed by atoms with van der Waals surface area (Å²) in [6, 6.07) is 16.2. The Morgan fingerprint density at radius 1 is 1.10 bits per heavy atom. The molecule has 1 N–H and O–H groups in total. The van der Waals surface area contributed by atoms with Crippen molar-refractivity contribution in [2.24, 2.45) is 0 Å². The minimum atomic E-state index is -1.53. The molecule has 1 aliphatic rings. The predicted octanol–water partition coefficient (Wildman–Crippen LogP) is 4.53. The van der Waals surface area contributed by atoms with Crippen LogP contribution in [-0.4, -0.2) is 54.0 Å². The smallest absolute Gasteiger partial charge is 0.410 e. The highest BCUT2D eigenvalue weighted by Crippen LogP contribution is 2.44.